The summed E-state index contributed by atoms with van der Waals surface area (Å²) in [5.41, 5.74) is 2.09. The summed E-state index contributed by atoms with van der Waals surface area (Å²) < 4.78 is 61.8. The Labute approximate surface area is 897 Å². The van der Waals surface area contributed by atoms with Crippen LogP contribution in [-0.2, 0) is 0 Å². The van der Waals surface area contributed by atoms with E-state index in [-0.39, 0.29) is 11.4 Å². The van der Waals surface area contributed by atoms with Crippen molar-refractivity contribution in [2.75, 3.05) is 86.0 Å². The SMILES string of the molecule is CCCCCCCCCCCCOc1cc(NC(=O)Nc2cc(NC(=O)Nc3cc(OCCCCCCCCCCCC)c(OCCCCCCCCCCCC)c(OCCCCCCCCCCCC)c3)cc(NC(=O)c3cc(OCCC(C)CCCC(C)C)c(OCCC(C)CCCC(C)C)c(OCCC(C)CCCC(C)C)c3)c2)cc(OCCCCCCCCCCCC)c1OCCCCCCCCCCCC. The molecule has 5 N–H and O–H groups in total. The van der Waals surface area contributed by atoms with E-state index in [0.29, 0.717) is 169 Å². The van der Waals surface area contributed by atoms with Gasteiger partial charge in [-0.2, -0.15) is 0 Å². The lowest BCUT2D eigenvalue weighted by atomic mass is 9.97. The van der Waals surface area contributed by atoms with Gasteiger partial charge in [-0.1, -0.05) is 508 Å². The van der Waals surface area contributed by atoms with Crippen LogP contribution in [-0.4, -0.2) is 77.4 Å². The number of urea groups is 2. The fraction of sp³-hybridized carbons (Fsp3) is 0.791. The van der Waals surface area contributed by atoms with Crippen molar-refractivity contribution in [3.05, 3.63) is 60.2 Å². The molecule has 5 amide bonds. The topological polar surface area (TPSA) is 194 Å². The third kappa shape index (κ3) is 69.5. The van der Waals surface area contributed by atoms with E-state index in [2.05, 4.69) is 130 Å². The van der Waals surface area contributed by atoms with Crippen molar-refractivity contribution in [1.29, 1.82) is 0 Å². The Kier molecular flexibility index (Phi) is 81.7. The van der Waals surface area contributed by atoms with Gasteiger partial charge in [-0.15, -0.1) is 0 Å². The van der Waals surface area contributed by atoms with Crippen LogP contribution in [0.1, 0.15) is 577 Å². The molecule has 0 radical (unpaired) electrons. The van der Waals surface area contributed by atoms with Crippen LogP contribution in [0.4, 0.5) is 38.0 Å². The monoisotopic (exact) mass is 2040 g/mol. The Morgan fingerprint density at radius 1 is 0.185 bits per heavy atom. The molecule has 0 aliphatic carbocycles. The van der Waals surface area contributed by atoms with Crippen molar-refractivity contribution in [2.24, 2.45) is 35.5 Å². The Morgan fingerprint density at radius 2 is 0.356 bits per heavy atom. The smallest absolute Gasteiger partial charge is 0.323 e. The molecule has 0 aliphatic rings. The Balaban J connectivity index is 1.95. The summed E-state index contributed by atoms with van der Waals surface area (Å²) in [6.45, 7) is 38.6. The second-order valence-corrected chi connectivity index (χ2v) is 45.2. The largest absolute Gasteiger partial charge is 0.490 e. The lowest BCUT2D eigenvalue weighted by molar-refractivity contribution is 0.102. The summed E-state index contributed by atoms with van der Waals surface area (Å²) in [6, 6.07) is 15.1. The molecule has 17 nitrogen and oxygen atoms in total. The molecule has 4 aromatic carbocycles. The molecular formula is C129H227N5O12. The zero-order valence-electron chi connectivity index (χ0n) is 97.3. The van der Waals surface area contributed by atoms with Gasteiger partial charge in [0.1, 0.15) is 0 Å². The highest BCUT2D eigenvalue weighted by Gasteiger charge is 2.26. The van der Waals surface area contributed by atoms with Crippen LogP contribution in [0.5, 0.6) is 51.7 Å². The van der Waals surface area contributed by atoms with E-state index in [1.165, 1.54) is 308 Å². The minimum atomic E-state index is -0.567. The first-order valence-electron chi connectivity index (χ1n) is 62.1. The van der Waals surface area contributed by atoms with Crippen molar-refractivity contribution in [3.8, 4) is 51.7 Å². The molecular weight excluding hydrogens is 1810 g/mol. The first-order valence-corrected chi connectivity index (χ1v) is 62.1. The van der Waals surface area contributed by atoms with Crippen LogP contribution in [0.15, 0.2) is 54.6 Å². The predicted molar refractivity (Wildman–Crippen MR) is 627 cm³/mol. The van der Waals surface area contributed by atoms with Gasteiger partial charge in [0.15, 0.2) is 34.5 Å². The number of amides is 5. The Morgan fingerprint density at radius 3 is 0.575 bits per heavy atom. The van der Waals surface area contributed by atoms with Gasteiger partial charge in [-0.3, -0.25) is 4.79 Å². The van der Waals surface area contributed by atoms with E-state index in [4.69, 9.17) is 42.6 Å². The normalized spacial score (nSPS) is 12.2. The summed E-state index contributed by atoms with van der Waals surface area (Å²) in [7, 11) is 0. The lowest BCUT2D eigenvalue weighted by Crippen LogP contribution is -2.22. The predicted octanol–water partition coefficient (Wildman–Crippen LogP) is 41.7. The Bertz CT molecular complexity index is 3470. The van der Waals surface area contributed by atoms with Crippen LogP contribution in [0, 0.1) is 35.5 Å². The van der Waals surface area contributed by atoms with Gasteiger partial charge < -0.3 is 69.2 Å². The van der Waals surface area contributed by atoms with Crippen LogP contribution >= 0.6 is 0 Å². The maximum Gasteiger partial charge on any atom is 0.323 e. The molecule has 0 fully saturated rings. The molecule has 0 spiro atoms. The first-order chi connectivity index (χ1) is 71.3. The van der Waals surface area contributed by atoms with Crippen molar-refractivity contribution < 1.29 is 57.0 Å². The molecule has 0 heterocycles. The maximum atomic E-state index is 15.7. The molecule has 4 rings (SSSR count). The van der Waals surface area contributed by atoms with Crippen LogP contribution in [0.25, 0.3) is 0 Å². The number of rotatable bonds is 102. The number of nitrogens with one attached hydrogen (secondary N) is 5. The van der Waals surface area contributed by atoms with E-state index in [1.54, 1.807) is 30.3 Å². The third-order valence-electron chi connectivity index (χ3n) is 29.1. The number of carbonyl (C=O) groups excluding carboxylic acids is 3. The number of ether oxygens (including phenoxy) is 9. The molecule has 17 heteroatoms. The summed E-state index contributed by atoms with van der Waals surface area (Å²) in [4.78, 5) is 46.3. The molecule has 0 aliphatic heterocycles. The molecule has 0 saturated carbocycles. The Hall–Kier alpha value is -6.91. The highest BCUT2D eigenvalue weighted by Crippen LogP contribution is 2.45. The number of carbonyl (C=O) groups is 3. The highest BCUT2D eigenvalue weighted by molar-refractivity contribution is 6.07. The minimum absolute atomic E-state index is 0.288. The number of hydrogen-bond acceptors (Lipinski definition) is 12. The van der Waals surface area contributed by atoms with E-state index in [1.807, 2.05) is 24.3 Å². The zero-order chi connectivity index (χ0) is 105. The van der Waals surface area contributed by atoms with Crippen molar-refractivity contribution in [1.82, 2.24) is 0 Å². The second-order valence-electron chi connectivity index (χ2n) is 45.2. The van der Waals surface area contributed by atoms with Gasteiger partial charge in [0.25, 0.3) is 5.91 Å². The minimum Gasteiger partial charge on any atom is -0.490 e. The van der Waals surface area contributed by atoms with E-state index in [9.17, 15) is 0 Å². The molecule has 146 heavy (non-hydrogen) atoms. The van der Waals surface area contributed by atoms with Crippen LogP contribution in [0.2, 0.25) is 0 Å². The molecule has 3 unspecified atom stereocenters. The van der Waals surface area contributed by atoms with Crippen LogP contribution < -0.4 is 69.2 Å². The van der Waals surface area contributed by atoms with Gasteiger partial charge in [0, 0.05) is 46.9 Å². The number of anilines is 5. The van der Waals surface area contributed by atoms with Crippen molar-refractivity contribution in [2.45, 2.75) is 566 Å². The van der Waals surface area contributed by atoms with E-state index in [0.717, 1.165) is 154 Å². The van der Waals surface area contributed by atoms with Gasteiger partial charge in [-0.25, -0.2) is 9.59 Å². The molecule has 0 aromatic heterocycles. The molecule has 0 saturated heterocycles. The van der Waals surface area contributed by atoms with Gasteiger partial charge in [0.05, 0.1) is 70.8 Å². The molecule has 3 atom stereocenters. The first kappa shape index (κ1) is 131. The third-order valence-corrected chi connectivity index (χ3v) is 29.1. The van der Waals surface area contributed by atoms with Crippen molar-refractivity contribution in [3.63, 3.8) is 0 Å². The van der Waals surface area contributed by atoms with Gasteiger partial charge >= 0.3 is 12.1 Å². The summed E-state index contributed by atoms with van der Waals surface area (Å²) in [5, 5.41) is 16.0. The standard InChI is InChI=1S/C129H227N5O12/c1-16-22-28-34-40-46-52-58-64-70-88-138-120-102-116(103-121(139-89-71-65-59-53-47-41-35-29-23-17-2)125(120)144-92-74-68-62-56-50-44-38-32-26-20-5)133-128(136)131-114-99-113(130-127(135)112-97-118(142-94-85-109(13)82-76-79-106(7)8)124(146-96-87-111(15)84-78-81-108(11)12)119(98-112)143-95-86-110(14)83-77-80-107(9)10)100-115(101-114)132-129(137)134-117-104-122(140-90-72-66-60-54-48-42-36-30-24-18-3)126(145-93-75-69-63-57-51-45-39-33-27-21-6)123(105-117)141-91-73-67-61-55-49-43-37-31-25-19-4/h97-111H,16-96H2,1-15H3,(H,130,135)(H2,131,133,136)(H2,132,134,137). The zero-order valence-corrected chi connectivity index (χ0v) is 97.3. The number of unbranched alkanes of at least 4 members (excludes halogenated alkanes) is 54. The average Bonchev–Trinajstić information content (AvgIpc) is 0.806. The fourth-order valence-corrected chi connectivity index (χ4v) is 19.5. The molecule has 4 aromatic rings. The van der Waals surface area contributed by atoms with Gasteiger partial charge in [0.2, 0.25) is 17.2 Å². The summed E-state index contributed by atoms with van der Waals surface area (Å²) in [5.74, 6) is 7.40. The molecule has 840 valence electrons. The fourth-order valence-electron chi connectivity index (χ4n) is 19.5. The summed E-state index contributed by atoms with van der Waals surface area (Å²) in [6.07, 6.45) is 85.3. The number of benzene rings is 4. The van der Waals surface area contributed by atoms with E-state index < -0.39 is 18.0 Å². The van der Waals surface area contributed by atoms with Crippen molar-refractivity contribution >= 4 is 46.4 Å². The highest BCUT2D eigenvalue weighted by atomic mass is 16.6. The second kappa shape index (κ2) is 90.8. The quantitative estimate of drug-likeness (QED) is 0.0263. The maximum absolute atomic E-state index is 15.7. The molecule has 0 bridgehead atoms. The number of hydrogen-bond donors (Lipinski definition) is 5. The van der Waals surface area contributed by atoms with Crippen LogP contribution in [0.3, 0.4) is 0 Å². The summed E-state index contributed by atoms with van der Waals surface area (Å²) >= 11 is 0. The average molecular weight is 2040 g/mol. The van der Waals surface area contributed by atoms with Gasteiger partial charge in [-0.05, 0) is 124 Å². The van der Waals surface area contributed by atoms with E-state index >= 15 is 14.4 Å². The lowest BCUT2D eigenvalue weighted by Gasteiger charge is -2.21.